The van der Waals surface area contributed by atoms with E-state index in [-0.39, 0.29) is 17.1 Å². The van der Waals surface area contributed by atoms with E-state index in [4.69, 9.17) is 4.74 Å². The molecule has 1 atom stereocenters. The van der Waals surface area contributed by atoms with Crippen LogP contribution in [0.2, 0.25) is 0 Å². The van der Waals surface area contributed by atoms with Crippen molar-refractivity contribution in [3.63, 3.8) is 0 Å². The summed E-state index contributed by atoms with van der Waals surface area (Å²) in [6.07, 6.45) is 8.00. The second-order valence-electron chi connectivity index (χ2n) is 3.73. The minimum Gasteiger partial charge on any atom is -0.648 e. The van der Waals surface area contributed by atoms with E-state index in [9.17, 15) is 0 Å². The van der Waals surface area contributed by atoms with Gasteiger partial charge in [0.2, 0.25) is 0 Å². The van der Waals surface area contributed by atoms with Gasteiger partial charge in [0.05, 0.1) is 6.61 Å². The summed E-state index contributed by atoms with van der Waals surface area (Å²) in [4.78, 5) is 0. The fraction of sp³-hybridized carbons (Fsp3) is 0.214. The van der Waals surface area contributed by atoms with Crippen LogP contribution in [-0.4, -0.2) is 12.6 Å². The molecule has 3 heteroatoms. The first kappa shape index (κ1) is 13.8. The normalized spacial score (nSPS) is 20.2. The molecule has 0 N–H and O–H groups in total. The first-order valence-electron chi connectivity index (χ1n) is 5.45. The maximum atomic E-state index is 5.36. The molecule has 90 valence electrons. The van der Waals surface area contributed by atoms with Gasteiger partial charge in [0.25, 0.3) is 0 Å². The Bertz CT molecular complexity index is 373. The molecule has 0 bridgehead atoms. The Balaban J connectivity index is 0.000000205. The smallest absolute Gasteiger partial charge is 0.648 e. The molecule has 0 aromatic heterocycles. The number of hydrogen-bond donors (Lipinski definition) is 0. The number of nitrogens with zero attached hydrogens (tertiary/aromatic N) is 1. The van der Waals surface area contributed by atoms with Gasteiger partial charge in [0.1, 0.15) is 0 Å². The predicted octanol–water partition coefficient (Wildman–Crippen LogP) is 3.52. The molecule has 2 aliphatic rings. The van der Waals surface area contributed by atoms with Crippen molar-refractivity contribution in [2.24, 2.45) is 0 Å². The summed E-state index contributed by atoms with van der Waals surface area (Å²) in [5.41, 5.74) is 1.09. The SMILES string of the molecule is C[C@@H]1COC(=C2C=CC=C2)[N-]1.[Fe+2].c1cc[cH-]c1. The molecule has 1 saturated heterocycles. The fourth-order valence-corrected chi connectivity index (χ4v) is 1.47. The Morgan fingerprint density at radius 3 is 2.29 bits per heavy atom. The van der Waals surface area contributed by atoms with Crippen LogP contribution < -0.4 is 0 Å². The van der Waals surface area contributed by atoms with Crippen molar-refractivity contribution < 1.29 is 21.8 Å². The Morgan fingerprint density at radius 1 is 1.24 bits per heavy atom. The monoisotopic (exact) mass is 269 g/mol. The zero-order chi connectivity index (χ0) is 11.2. The maximum Gasteiger partial charge on any atom is 2.00 e. The number of allylic oxidation sites excluding steroid dienone is 5. The summed E-state index contributed by atoms with van der Waals surface area (Å²) >= 11 is 0. The van der Waals surface area contributed by atoms with Crippen molar-refractivity contribution in [3.05, 3.63) is 71.4 Å². The number of rotatable bonds is 0. The standard InChI is InChI=1S/C9H10NO.C5H5.Fe/c1-7-6-11-9(10-7)8-4-2-3-5-8;1-2-4-5-3-1;/h2-5,7H,6H2,1H3;1-5H;/q2*-1;+2/t7-;;/m1../s1. The quantitative estimate of drug-likeness (QED) is 0.522. The van der Waals surface area contributed by atoms with Gasteiger partial charge >= 0.3 is 17.1 Å². The van der Waals surface area contributed by atoms with Crippen LogP contribution in [0.15, 0.2) is 66.1 Å². The van der Waals surface area contributed by atoms with Crippen LogP contribution >= 0.6 is 0 Å². The van der Waals surface area contributed by atoms with Crippen LogP contribution in [0.25, 0.3) is 5.32 Å². The van der Waals surface area contributed by atoms with E-state index in [1.165, 1.54) is 0 Å². The third-order valence-electron chi connectivity index (χ3n) is 2.26. The first-order chi connectivity index (χ1) is 7.86. The van der Waals surface area contributed by atoms with E-state index >= 15 is 0 Å². The van der Waals surface area contributed by atoms with Crippen LogP contribution in [0.4, 0.5) is 0 Å². The number of ether oxygens (including phenoxy) is 1. The molecule has 1 heterocycles. The van der Waals surface area contributed by atoms with Gasteiger partial charge < -0.3 is 10.1 Å². The molecule has 17 heavy (non-hydrogen) atoms. The molecule has 1 aromatic rings. The molecule has 1 aliphatic heterocycles. The number of hydrogen-bond acceptors (Lipinski definition) is 1. The summed E-state index contributed by atoms with van der Waals surface area (Å²) in [6.45, 7) is 2.77. The van der Waals surface area contributed by atoms with Gasteiger partial charge in [-0.05, 0) is 5.57 Å². The van der Waals surface area contributed by atoms with E-state index < -0.39 is 0 Å². The van der Waals surface area contributed by atoms with Crippen LogP contribution in [0, 0.1) is 0 Å². The van der Waals surface area contributed by atoms with Crippen molar-refractivity contribution in [3.8, 4) is 0 Å². The van der Waals surface area contributed by atoms with Gasteiger partial charge in [-0.1, -0.05) is 37.3 Å². The van der Waals surface area contributed by atoms with Crippen LogP contribution in [0.3, 0.4) is 0 Å². The van der Waals surface area contributed by atoms with E-state index in [0.717, 1.165) is 18.1 Å². The predicted molar refractivity (Wildman–Crippen MR) is 66.1 cm³/mol. The van der Waals surface area contributed by atoms with Crippen LogP contribution in [-0.2, 0) is 21.8 Å². The zero-order valence-corrected chi connectivity index (χ0v) is 10.8. The van der Waals surface area contributed by atoms with Gasteiger partial charge in [0.15, 0.2) is 0 Å². The largest absolute Gasteiger partial charge is 2.00 e. The third kappa shape index (κ3) is 4.21. The molecule has 2 nitrogen and oxygen atoms in total. The molecule has 1 aromatic carbocycles. The van der Waals surface area contributed by atoms with Crippen LogP contribution in [0.5, 0.6) is 0 Å². The molecule has 0 saturated carbocycles. The van der Waals surface area contributed by atoms with E-state index in [1.54, 1.807) is 0 Å². The van der Waals surface area contributed by atoms with Crippen molar-refractivity contribution in [1.82, 2.24) is 0 Å². The van der Waals surface area contributed by atoms with Crippen molar-refractivity contribution in [2.75, 3.05) is 6.61 Å². The van der Waals surface area contributed by atoms with E-state index in [1.807, 2.05) is 54.6 Å². The van der Waals surface area contributed by atoms with Gasteiger partial charge in [-0.15, -0.1) is 0 Å². The third-order valence-corrected chi connectivity index (χ3v) is 2.26. The molecular formula is C14H15FeNO. The topological polar surface area (TPSA) is 23.3 Å². The molecule has 1 fully saturated rings. The first-order valence-corrected chi connectivity index (χ1v) is 5.45. The van der Waals surface area contributed by atoms with Crippen LogP contribution in [0.1, 0.15) is 6.92 Å². The summed E-state index contributed by atoms with van der Waals surface area (Å²) in [7, 11) is 0. The molecule has 1 aliphatic carbocycles. The van der Waals surface area contributed by atoms with Gasteiger partial charge in [-0.2, -0.15) is 18.2 Å². The zero-order valence-electron chi connectivity index (χ0n) is 9.69. The summed E-state index contributed by atoms with van der Waals surface area (Å²) < 4.78 is 5.36. The minimum atomic E-state index is 0. The van der Waals surface area contributed by atoms with Gasteiger partial charge in [0, 0.05) is 5.88 Å². The Labute approximate surface area is 113 Å². The van der Waals surface area contributed by atoms with E-state index in [2.05, 4.69) is 12.2 Å². The van der Waals surface area contributed by atoms with Crippen molar-refractivity contribution in [2.45, 2.75) is 13.0 Å². The molecule has 0 spiro atoms. The minimum absolute atomic E-state index is 0. The summed E-state index contributed by atoms with van der Waals surface area (Å²) in [6, 6.07) is 10.3. The van der Waals surface area contributed by atoms with E-state index in [0.29, 0.717) is 6.04 Å². The average Bonchev–Trinajstić information content (AvgIpc) is 3.03. The summed E-state index contributed by atoms with van der Waals surface area (Å²) in [5.74, 6) is 0.794. The van der Waals surface area contributed by atoms with Crippen molar-refractivity contribution >= 4 is 0 Å². The summed E-state index contributed by atoms with van der Waals surface area (Å²) in [5, 5.41) is 4.33. The fourth-order valence-electron chi connectivity index (χ4n) is 1.47. The Hall–Kier alpha value is -1.31. The van der Waals surface area contributed by atoms with Crippen molar-refractivity contribution in [1.29, 1.82) is 0 Å². The van der Waals surface area contributed by atoms with Gasteiger partial charge in [-0.25, -0.2) is 12.1 Å². The molecule has 0 amide bonds. The average molecular weight is 269 g/mol. The van der Waals surface area contributed by atoms with Gasteiger partial charge in [-0.3, -0.25) is 0 Å². The Kier molecular flexibility index (Phi) is 5.74. The molecule has 0 radical (unpaired) electrons. The maximum absolute atomic E-state index is 5.36. The molecular weight excluding hydrogens is 254 g/mol. The second-order valence-corrected chi connectivity index (χ2v) is 3.73. The molecule has 0 unspecified atom stereocenters. The molecule has 3 rings (SSSR count). The Morgan fingerprint density at radius 2 is 1.88 bits per heavy atom. The second kappa shape index (κ2) is 7.10.